The topological polar surface area (TPSA) is 95.0 Å². The average molecular weight is 390 g/mol. The van der Waals surface area contributed by atoms with Gasteiger partial charge in [-0.15, -0.1) is 0 Å². The van der Waals surface area contributed by atoms with E-state index in [2.05, 4.69) is 29.7 Å². The Morgan fingerprint density at radius 1 is 0.607 bits per heavy atom. The van der Waals surface area contributed by atoms with Crippen molar-refractivity contribution in [2.24, 2.45) is 0 Å². The molecule has 2 aromatic heterocycles. The Morgan fingerprint density at radius 3 is 1.14 bits per heavy atom. The Labute approximate surface area is 164 Å². The van der Waals surface area contributed by atoms with Crippen molar-refractivity contribution in [2.45, 2.75) is 13.1 Å². The van der Waals surface area contributed by atoms with Crippen LogP contribution in [0, 0.1) is 0 Å². The minimum absolute atomic E-state index is 0.504. The molecule has 0 aliphatic carbocycles. The molecule has 28 heavy (non-hydrogen) atoms. The first-order valence-electron chi connectivity index (χ1n) is 9.00. The summed E-state index contributed by atoms with van der Waals surface area (Å²) in [6, 6.07) is 3.34. The van der Waals surface area contributed by atoms with Gasteiger partial charge in [0.05, 0.1) is 53.7 Å². The van der Waals surface area contributed by atoms with Crippen LogP contribution in [0.3, 0.4) is 0 Å². The third kappa shape index (κ3) is 5.17. The summed E-state index contributed by atoms with van der Waals surface area (Å²) >= 11 is 0. The maximum atomic E-state index is 5.22. The molecule has 0 amide bonds. The molecule has 0 bridgehead atoms. The van der Waals surface area contributed by atoms with Crippen LogP contribution in [0.5, 0.6) is 23.5 Å². The molecule has 152 valence electrons. The Bertz CT molecular complexity index is 673. The maximum absolute atomic E-state index is 5.22. The predicted molar refractivity (Wildman–Crippen MR) is 101 cm³/mol. The van der Waals surface area contributed by atoms with Crippen LogP contribution in [0.15, 0.2) is 12.1 Å². The standard InChI is InChI=1S/C18H26N6O4/c1-25-15-9-16(26-2)20-13(19-15)11-23-5-7-24(8-6-23)12-14-21-17(27-3)10-18(22-14)28-4/h9-10H,5-8,11-12H2,1-4H3. The van der Waals surface area contributed by atoms with Crippen LogP contribution in [0.2, 0.25) is 0 Å². The lowest BCUT2D eigenvalue weighted by Gasteiger charge is -2.33. The lowest BCUT2D eigenvalue weighted by Crippen LogP contribution is -2.45. The van der Waals surface area contributed by atoms with Crippen LogP contribution in [0.4, 0.5) is 0 Å². The first kappa shape index (κ1) is 20.0. The first-order chi connectivity index (χ1) is 13.6. The van der Waals surface area contributed by atoms with E-state index in [-0.39, 0.29) is 0 Å². The van der Waals surface area contributed by atoms with Crippen molar-refractivity contribution < 1.29 is 18.9 Å². The molecule has 0 spiro atoms. The second-order valence-electron chi connectivity index (χ2n) is 6.29. The second kappa shape index (κ2) is 9.47. The van der Waals surface area contributed by atoms with E-state index in [1.807, 2.05) is 0 Å². The van der Waals surface area contributed by atoms with Crippen molar-refractivity contribution >= 4 is 0 Å². The third-order valence-corrected chi connectivity index (χ3v) is 4.48. The SMILES string of the molecule is COc1cc(OC)nc(CN2CCN(Cc3nc(OC)cc(OC)n3)CC2)n1. The Morgan fingerprint density at radius 2 is 0.893 bits per heavy atom. The van der Waals surface area contributed by atoms with E-state index in [0.717, 1.165) is 26.2 Å². The average Bonchev–Trinajstić information content (AvgIpc) is 2.74. The minimum Gasteiger partial charge on any atom is -0.481 e. The van der Waals surface area contributed by atoms with Gasteiger partial charge in [-0.3, -0.25) is 9.80 Å². The van der Waals surface area contributed by atoms with Crippen LogP contribution in [0.1, 0.15) is 11.6 Å². The summed E-state index contributed by atoms with van der Waals surface area (Å²) in [4.78, 5) is 22.2. The van der Waals surface area contributed by atoms with Gasteiger partial charge < -0.3 is 18.9 Å². The zero-order valence-corrected chi connectivity index (χ0v) is 16.7. The number of rotatable bonds is 8. The zero-order chi connectivity index (χ0) is 19.9. The highest BCUT2D eigenvalue weighted by Gasteiger charge is 2.20. The van der Waals surface area contributed by atoms with Gasteiger partial charge in [0.2, 0.25) is 23.5 Å². The van der Waals surface area contributed by atoms with Crippen molar-refractivity contribution in [2.75, 3.05) is 54.6 Å². The van der Waals surface area contributed by atoms with Gasteiger partial charge in [-0.05, 0) is 0 Å². The van der Waals surface area contributed by atoms with Gasteiger partial charge in [0, 0.05) is 26.2 Å². The molecule has 1 aliphatic heterocycles. The van der Waals surface area contributed by atoms with Gasteiger partial charge in [-0.25, -0.2) is 0 Å². The highest BCUT2D eigenvalue weighted by atomic mass is 16.5. The van der Waals surface area contributed by atoms with E-state index >= 15 is 0 Å². The van der Waals surface area contributed by atoms with E-state index in [4.69, 9.17) is 18.9 Å². The molecule has 0 saturated carbocycles. The molecule has 1 fully saturated rings. The molecule has 0 N–H and O–H groups in total. The number of aromatic nitrogens is 4. The molecular weight excluding hydrogens is 364 g/mol. The van der Waals surface area contributed by atoms with Gasteiger partial charge >= 0.3 is 0 Å². The van der Waals surface area contributed by atoms with Gasteiger partial charge in [0.15, 0.2) is 0 Å². The van der Waals surface area contributed by atoms with Crippen molar-refractivity contribution in [3.8, 4) is 23.5 Å². The fourth-order valence-electron chi connectivity index (χ4n) is 2.96. The van der Waals surface area contributed by atoms with E-state index < -0.39 is 0 Å². The Kier molecular flexibility index (Phi) is 6.77. The highest BCUT2D eigenvalue weighted by Crippen LogP contribution is 2.18. The fourth-order valence-corrected chi connectivity index (χ4v) is 2.96. The van der Waals surface area contributed by atoms with Gasteiger partial charge in [0.25, 0.3) is 0 Å². The number of hydrogen-bond donors (Lipinski definition) is 0. The molecule has 0 unspecified atom stereocenters. The molecule has 10 heteroatoms. The van der Waals surface area contributed by atoms with Crippen LogP contribution < -0.4 is 18.9 Å². The summed E-state index contributed by atoms with van der Waals surface area (Å²) < 4.78 is 20.9. The van der Waals surface area contributed by atoms with E-state index in [1.165, 1.54) is 0 Å². The second-order valence-corrected chi connectivity index (χ2v) is 6.29. The van der Waals surface area contributed by atoms with E-state index in [0.29, 0.717) is 48.3 Å². The molecule has 0 aromatic carbocycles. The summed E-state index contributed by atoms with van der Waals surface area (Å²) in [6.07, 6.45) is 0. The minimum atomic E-state index is 0.504. The van der Waals surface area contributed by atoms with E-state index in [1.54, 1.807) is 40.6 Å². The van der Waals surface area contributed by atoms with Crippen LogP contribution in [-0.2, 0) is 13.1 Å². The molecule has 0 radical (unpaired) electrons. The van der Waals surface area contributed by atoms with Crippen molar-refractivity contribution in [1.29, 1.82) is 0 Å². The third-order valence-electron chi connectivity index (χ3n) is 4.48. The first-order valence-corrected chi connectivity index (χ1v) is 9.00. The number of hydrogen-bond acceptors (Lipinski definition) is 10. The molecule has 1 saturated heterocycles. The summed E-state index contributed by atoms with van der Waals surface area (Å²) in [5, 5.41) is 0. The van der Waals surface area contributed by atoms with Crippen LogP contribution >= 0.6 is 0 Å². The van der Waals surface area contributed by atoms with Crippen molar-refractivity contribution in [1.82, 2.24) is 29.7 Å². The summed E-state index contributed by atoms with van der Waals surface area (Å²) in [5.41, 5.74) is 0. The maximum Gasteiger partial charge on any atom is 0.220 e. The van der Waals surface area contributed by atoms with Gasteiger partial charge in [0.1, 0.15) is 11.6 Å². The number of nitrogens with zero attached hydrogens (tertiary/aromatic N) is 6. The lowest BCUT2D eigenvalue weighted by molar-refractivity contribution is 0.117. The largest absolute Gasteiger partial charge is 0.481 e. The number of piperazine rings is 1. The molecular formula is C18H26N6O4. The highest BCUT2D eigenvalue weighted by molar-refractivity contribution is 5.21. The van der Waals surface area contributed by atoms with E-state index in [9.17, 15) is 0 Å². The molecule has 1 aliphatic rings. The van der Waals surface area contributed by atoms with Crippen molar-refractivity contribution in [3.05, 3.63) is 23.8 Å². The Balaban J connectivity index is 1.56. The molecule has 0 atom stereocenters. The van der Waals surface area contributed by atoms with Crippen LogP contribution in [0.25, 0.3) is 0 Å². The molecule has 2 aromatic rings. The summed E-state index contributed by atoms with van der Waals surface area (Å²) in [7, 11) is 6.33. The number of methoxy groups -OCH3 is 4. The predicted octanol–water partition coefficient (Wildman–Crippen LogP) is 0.619. The summed E-state index contributed by atoms with van der Waals surface area (Å²) in [5.74, 6) is 3.39. The van der Waals surface area contributed by atoms with Crippen molar-refractivity contribution in [3.63, 3.8) is 0 Å². The van der Waals surface area contributed by atoms with Gasteiger partial charge in [-0.2, -0.15) is 19.9 Å². The monoisotopic (exact) mass is 390 g/mol. The van der Waals surface area contributed by atoms with Gasteiger partial charge in [-0.1, -0.05) is 0 Å². The molecule has 3 heterocycles. The quantitative estimate of drug-likeness (QED) is 0.638. The lowest BCUT2D eigenvalue weighted by atomic mass is 10.3. The fraction of sp³-hybridized carbons (Fsp3) is 0.556. The normalized spacial score (nSPS) is 15.3. The molecule has 3 rings (SSSR count). The molecule has 10 nitrogen and oxygen atoms in total. The zero-order valence-electron chi connectivity index (χ0n) is 16.7. The smallest absolute Gasteiger partial charge is 0.220 e. The summed E-state index contributed by atoms with van der Waals surface area (Å²) in [6.45, 7) is 4.86. The number of ether oxygens (including phenoxy) is 4. The Hall–Kier alpha value is -2.72. The van der Waals surface area contributed by atoms with Crippen LogP contribution in [-0.4, -0.2) is 84.4 Å².